The van der Waals surface area contributed by atoms with Gasteiger partial charge in [-0.2, -0.15) is 0 Å². The molecule has 0 spiro atoms. The molecule has 0 unspecified atom stereocenters. The SMILES string of the molecule is COc1ccc(C=C(C(=O)O)c2ccccc2)cc1Cl. The molecule has 0 fully saturated rings. The molecule has 0 saturated heterocycles. The molecule has 2 rings (SSSR count). The lowest BCUT2D eigenvalue weighted by atomic mass is 10.0. The summed E-state index contributed by atoms with van der Waals surface area (Å²) in [5.41, 5.74) is 1.57. The summed E-state index contributed by atoms with van der Waals surface area (Å²) < 4.78 is 5.07. The van der Waals surface area contributed by atoms with Crippen molar-refractivity contribution in [3.8, 4) is 5.75 Å². The maximum absolute atomic E-state index is 11.4. The van der Waals surface area contributed by atoms with Crippen LogP contribution < -0.4 is 4.74 Å². The predicted octanol–water partition coefficient (Wildman–Crippen LogP) is 3.97. The van der Waals surface area contributed by atoms with Gasteiger partial charge < -0.3 is 9.84 Å². The molecule has 20 heavy (non-hydrogen) atoms. The standard InChI is InChI=1S/C16H13ClO3/c1-20-15-8-7-11(10-14(15)17)9-13(16(18)19)12-5-3-2-4-6-12/h2-10H,1H3,(H,18,19). The zero-order valence-corrected chi connectivity index (χ0v) is 11.6. The minimum atomic E-state index is -0.983. The first kappa shape index (κ1) is 14.2. The molecule has 102 valence electrons. The fourth-order valence-electron chi connectivity index (χ4n) is 1.83. The number of hydrogen-bond donors (Lipinski definition) is 1. The van der Waals surface area contributed by atoms with Crippen molar-refractivity contribution in [2.75, 3.05) is 7.11 Å². The summed E-state index contributed by atoms with van der Waals surface area (Å²) >= 11 is 6.04. The van der Waals surface area contributed by atoms with Crippen molar-refractivity contribution in [2.45, 2.75) is 0 Å². The maximum Gasteiger partial charge on any atom is 0.336 e. The number of hydrogen-bond acceptors (Lipinski definition) is 2. The van der Waals surface area contributed by atoms with E-state index in [-0.39, 0.29) is 5.57 Å². The number of rotatable bonds is 4. The second-order valence-corrected chi connectivity index (χ2v) is 4.53. The monoisotopic (exact) mass is 288 g/mol. The van der Waals surface area contributed by atoms with Crippen LogP contribution in [0, 0.1) is 0 Å². The van der Waals surface area contributed by atoms with E-state index in [1.807, 2.05) is 6.07 Å². The Morgan fingerprint density at radius 3 is 2.45 bits per heavy atom. The average molecular weight is 289 g/mol. The first-order valence-electron chi connectivity index (χ1n) is 5.96. The van der Waals surface area contributed by atoms with E-state index in [1.165, 1.54) is 7.11 Å². The van der Waals surface area contributed by atoms with Gasteiger partial charge >= 0.3 is 5.97 Å². The second kappa shape index (κ2) is 6.26. The van der Waals surface area contributed by atoms with Crippen LogP contribution in [0.25, 0.3) is 11.6 Å². The van der Waals surface area contributed by atoms with Gasteiger partial charge in [0.1, 0.15) is 5.75 Å². The Kier molecular flexibility index (Phi) is 4.43. The van der Waals surface area contributed by atoms with Crippen LogP contribution >= 0.6 is 11.6 Å². The first-order valence-corrected chi connectivity index (χ1v) is 6.33. The van der Waals surface area contributed by atoms with E-state index in [4.69, 9.17) is 16.3 Å². The Bertz CT molecular complexity index is 648. The fraction of sp³-hybridized carbons (Fsp3) is 0.0625. The molecule has 4 heteroatoms. The summed E-state index contributed by atoms with van der Waals surface area (Å²) in [6, 6.07) is 14.1. The van der Waals surface area contributed by atoms with Crippen LogP contribution in [0.2, 0.25) is 5.02 Å². The molecule has 0 radical (unpaired) electrons. The topological polar surface area (TPSA) is 46.5 Å². The second-order valence-electron chi connectivity index (χ2n) is 4.12. The summed E-state index contributed by atoms with van der Waals surface area (Å²) in [5, 5.41) is 9.78. The summed E-state index contributed by atoms with van der Waals surface area (Å²) in [4.78, 5) is 11.4. The lowest BCUT2D eigenvalue weighted by Crippen LogP contribution is -1.99. The van der Waals surface area contributed by atoms with Gasteiger partial charge in [0.2, 0.25) is 0 Å². The van der Waals surface area contributed by atoms with Crippen LogP contribution in [0.4, 0.5) is 0 Å². The Balaban J connectivity index is 2.45. The minimum absolute atomic E-state index is 0.215. The summed E-state index contributed by atoms with van der Waals surface area (Å²) in [6.07, 6.45) is 1.59. The van der Waals surface area contributed by atoms with Gasteiger partial charge in [0.25, 0.3) is 0 Å². The van der Waals surface area contributed by atoms with Gasteiger partial charge in [-0.25, -0.2) is 4.79 Å². The van der Waals surface area contributed by atoms with E-state index >= 15 is 0 Å². The van der Waals surface area contributed by atoms with Gasteiger partial charge in [-0.3, -0.25) is 0 Å². The lowest BCUT2D eigenvalue weighted by Gasteiger charge is -2.05. The van der Waals surface area contributed by atoms with E-state index in [1.54, 1.807) is 48.5 Å². The van der Waals surface area contributed by atoms with Crippen molar-refractivity contribution in [1.29, 1.82) is 0 Å². The maximum atomic E-state index is 11.4. The molecule has 0 aliphatic rings. The molecule has 0 amide bonds. The number of aliphatic carboxylic acids is 1. The van der Waals surface area contributed by atoms with Gasteiger partial charge in [-0.05, 0) is 29.3 Å². The Hall–Kier alpha value is -2.26. The lowest BCUT2D eigenvalue weighted by molar-refractivity contribution is -0.130. The van der Waals surface area contributed by atoms with Crippen LogP contribution in [0.1, 0.15) is 11.1 Å². The van der Waals surface area contributed by atoms with Gasteiger partial charge in [0.05, 0.1) is 17.7 Å². The Morgan fingerprint density at radius 2 is 1.90 bits per heavy atom. The molecule has 0 atom stereocenters. The Morgan fingerprint density at radius 1 is 1.20 bits per heavy atom. The Labute approximate surface area is 122 Å². The van der Waals surface area contributed by atoms with Gasteiger partial charge in [-0.15, -0.1) is 0 Å². The normalized spacial score (nSPS) is 11.2. The molecule has 0 bridgehead atoms. The van der Waals surface area contributed by atoms with Crippen LogP contribution in [-0.4, -0.2) is 18.2 Å². The van der Waals surface area contributed by atoms with Gasteiger partial charge in [0.15, 0.2) is 0 Å². The number of carbonyl (C=O) groups is 1. The highest BCUT2D eigenvalue weighted by atomic mass is 35.5. The number of halogens is 1. The number of benzene rings is 2. The highest BCUT2D eigenvalue weighted by Crippen LogP contribution is 2.27. The summed E-state index contributed by atoms with van der Waals surface area (Å²) in [6.45, 7) is 0. The smallest absolute Gasteiger partial charge is 0.336 e. The number of ether oxygens (including phenoxy) is 1. The summed E-state index contributed by atoms with van der Waals surface area (Å²) in [5.74, 6) is -0.427. The highest BCUT2D eigenvalue weighted by molar-refractivity contribution is 6.32. The van der Waals surface area contributed by atoms with E-state index in [9.17, 15) is 9.90 Å². The van der Waals surface area contributed by atoms with E-state index in [0.29, 0.717) is 21.9 Å². The zero-order chi connectivity index (χ0) is 14.5. The molecule has 0 heterocycles. The van der Waals surface area contributed by atoms with Crippen molar-refractivity contribution < 1.29 is 14.6 Å². The van der Waals surface area contributed by atoms with E-state index in [2.05, 4.69) is 0 Å². The number of methoxy groups -OCH3 is 1. The van der Waals surface area contributed by atoms with Gasteiger partial charge in [0, 0.05) is 0 Å². The van der Waals surface area contributed by atoms with Crippen LogP contribution in [-0.2, 0) is 4.79 Å². The molecule has 0 saturated carbocycles. The average Bonchev–Trinajstić information content (AvgIpc) is 2.45. The van der Waals surface area contributed by atoms with Crippen molar-refractivity contribution in [2.24, 2.45) is 0 Å². The molecule has 0 aliphatic heterocycles. The molecule has 0 aliphatic carbocycles. The van der Waals surface area contributed by atoms with Crippen LogP contribution in [0.15, 0.2) is 48.5 Å². The molecular formula is C16H13ClO3. The van der Waals surface area contributed by atoms with Crippen LogP contribution in [0.5, 0.6) is 5.75 Å². The van der Waals surface area contributed by atoms with Crippen molar-refractivity contribution in [3.05, 3.63) is 64.7 Å². The molecule has 1 N–H and O–H groups in total. The zero-order valence-electron chi connectivity index (χ0n) is 10.8. The van der Waals surface area contributed by atoms with Crippen molar-refractivity contribution >= 4 is 29.2 Å². The quantitative estimate of drug-likeness (QED) is 0.684. The van der Waals surface area contributed by atoms with Gasteiger partial charge in [-0.1, -0.05) is 48.0 Å². The third-order valence-electron chi connectivity index (χ3n) is 2.80. The minimum Gasteiger partial charge on any atom is -0.495 e. The summed E-state index contributed by atoms with van der Waals surface area (Å²) in [7, 11) is 1.53. The fourth-order valence-corrected chi connectivity index (χ4v) is 2.09. The molecule has 0 aromatic heterocycles. The molecular weight excluding hydrogens is 276 g/mol. The highest BCUT2D eigenvalue weighted by Gasteiger charge is 2.10. The molecule has 2 aromatic rings. The molecule has 2 aromatic carbocycles. The van der Waals surface area contributed by atoms with Crippen LogP contribution in [0.3, 0.4) is 0 Å². The first-order chi connectivity index (χ1) is 9.61. The molecule has 3 nitrogen and oxygen atoms in total. The third kappa shape index (κ3) is 3.19. The third-order valence-corrected chi connectivity index (χ3v) is 3.10. The number of carboxylic acid groups (broad SMARTS) is 1. The predicted molar refractivity (Wildman–Crippen MR) is 80.0 cm³/mol. The number of carboxylic acids is 1. The largest absolute Gasteiger partial charge is 0.495 e. The van der Waals surface area contributed by atoms with E-state index < -0.39 is 5.97 Å². The van der Waals surface area contributed by atoms with Crippen molar-refractivity contribution in [3.63, 3.8) is 0 Å². The van der Waals surface area contributed by atoms with E-state index in [0.717, 1.165) is 0 Å². The van der Waals surface area contributed by atoms with Crippen molar-refractivity contribution in [1.82, 2.24) is 0 Å².